The second-order valence-electron chi connectivity index (χ2n) is 2.46. The van der Waals surface area contributed by atoms with Gasteiger partial charge in [0.05, 0.1) is 0 Å². The van der Waals surface area contributed by atoms with E-state index >= 15 is 0 Å². The number of carbonyl (C=O) groups excluding carboxylic acids is 1. The summed E-state index contributed by atoms with van der Waals surface area (Å²) in [4.78, 5) is 10.9. The molecular weight excluding hydrogens is 116 g/mol. The van der Waals surface area contributed by atoms with E-state index in [1.807, 2.05) is 12.3 Å². The number of hydrazine groups is 1. The van der Waals surface area contributed by atoms with Gasteiger partial charge >= 0.3 is 0 Å². The highest BCUT2D eigenvalue weighted by atomic mass is 16.2. The molecule has 1 unspecified atom stereocenters. The monoisotopic (exact) mass is 124 g/mol. The van der Waals surface area contributed by atoms with Crippen LogP contribution in [0.25, 0.3) is 0 Å². The first kappa shape index (κ1) is 4.85. The van der Waals surface area contributed by atoms with Gasteiger partial charge in [-0.2, -0.15) is 0 Å². The summed E-state index contributed by atoms with van der Waals surface area (Å²) in [5, 5.41) is 1.66. The van der Waals surface area contributed by atoms with Crippen molar-refractivity contribution >= 4 is 5.91 Å². The van der Waals surface area contributed by atoms with Gasteiger partial charge in [0.1, 0.15) is 0 Å². The predicted octanol–water partition coefficient (Wildman–Crippen LogP) is -0.133. The molecule has 0 spiro atoms. The third kappa shape index (κ3) is 0.608. The molecule has 0 aliphatic carbocycles. The van der Waals surface area contributed by atoms with Gasteiger partial charge in [0.15, 0.2) is 0 Å². The van der Waals surface area contributed by atoms with Crippen molar-refractivity contribution < 1.29 is 4.79 Å². The van der Waals surface area contributed by atoms with Gasteiger partial charge in [-0.05, 0) is 0 Å². The maximum absolute atomic E-state index is 10.9. The summed E-state index contributed by atoms with van der Waals surface area (Å²) < 4.78 is 0. The molecular formula is C6H8N2O. The van der Waals surface area contributed by atoms with Crippen molar-refractivity contribution in [3.63, 3.8) is 0 Å². The maximum Gasteiger partial charge on any atom is 0.241 e. The second-order valence-corrected chi connectivity index (χ2v) is 2.46. The van der Waals surface area contributed by atoms with Gasteiger partial charge in [0.25, 0.3) is 0 Å². The van der Waals surface area contributed by atoms with Crippen molar-refractivity contribution in [1.29, 1.82) is 0 Å². The van der Waals surface area contributed by atoms with Gasteiger partial charge < -0.3 is 5.43 Å². The first-order chi connectivity index (χ1) is 4.36. The van der Waals surface area contributed by atoms with Crippen molar-refractivity contribution in [2.75, 3.05) is 6.54 Å². The van der Waals surface area contributed by atoms with Crippen LogP contribution in [0.3, 0.4) is 0 Å². The van der Waals surface area contributed by atoms with Gasteiger partial charge in [-0.3, -0.25) is 9.80 Å². The van der Waals surface area contributed by atoms with Crippen LogP contribution < -0.4 is 5.43 Å². The van der Waals surface area contributed by atoms with Crippen LogP contribution in [0.5, 0.6) is 0 Å². The van der Waals surface area contributed by atoms with Crippen molar-refractivity contribution in [1.82, 2.24) is 10.4 Å². The Hall–Kier alpha value is -0.990. The number of hydrogen-bond donors (Lipinski definition) is 1. The lowest BCUT2D eigenvalue weighted by Crippen LogP contribution is -2.37. The lowest BCUT2D eigenvalue weighted by atomic mass is 10.1. The summed E-state index contributed by atoms with van der Waals surface area (Å²) in [7, 11) is 0. The highest BCUT2D eigenvalue weighted by molar-refractivity contribution is 5.78. The van der Waals surface area contributed by atoms with Crippen LogP contribution in [0.2, 0.25) is 0 Å². The highest BCUT2D eigenvalue weighted by Crippen LogP contribution is 2.19. The van der Waals surface area contributed by atoms with Crippen molar-refractivity contribution in [2.24, 2.45) is 5.92 Å². The van der Waals surface area contributed by atoms with Crippen LogP contribution in [0, 0.1) is 5.92 Å². The summed E-state index contributed by atoms with van der Waals surface area (Å²) >= 11 is 0. The minimum atomic E-state index is 0.213. The van der Waals surface area contributed by atoms with Crippen LogP contribution in [-0.4, -0.2) is 17.5 Å². The van der Waals surface area contributed by atoms with Gasteiger partial charge in [-0.15, -0.1) is 0 Å². The fraction of sp³-hybridized carbons (Fsp3) is 0.500. The molecule has 3 nitrogen and oxygen atoms in total. The number of fused-ring (bicyclic) bond motifs is 2. The van der Waals surface area contributed by atoms with E-state index in [1.54, 1.807) is 5.01 Å². The molecule has 0 aromatic heterocycles. The zero-order valence-corrected chi connectivity index (χ0v) is 5.00. The Labute approximate surface area is 53.3 Å². The molecule has 0 aromatic carbocycles. The molecule has 3 heteroatoms. The lowest BCUT2D eigenvalue weighted by molar-refractivity contribution is -0.129. The number of nitrogens with one attached hydrogen (secondary N) is 1. The Morgan fingerprint density at radius 1 is 1.78 bits per heavy atom. The molecule has 2 bridgehead atoms. The van der Waals surface area contributed by atoms with Crippen LogP contribution in [0.15, 0.2) is 12.3 Å². The molecule has 2 heterocycles. The number of rotatable bonds is 0. The third-order valence-electron chi connectivity index (χ3n) is 1.75. The lowest BCUT2D eigenvalue weighted by Gasteiger charge is -2.18. The van der Waals surface area contributed by atoms with E-state index in [-0.39, 0.29) is 5.91 Å². The van der Waals surface area contributed by atoms with Gasteiger partial charge in [-0.25, -0.2) is 0 Å². The molecule has 2 aliphatic rings. The zero-order valence-electron chi connectivity index (χ0n) is 5.00. The Kier molecular flexibility index (Phi) is 0.806. The van der Waals surface area contributed by atoms with E-state index in [9.17, 15) is 4.79 Å². The Morgan fingerprint density at radius 3 is 3.33 bits per heavy atom. The molecule has 0 radical (unpaired) electrons. The molecule has 0 saturated carbocycles. The number of carbonyl (C=O) groups is 1. The van der Waals surface area contributed by atoms with Crippen molar-refractivity contribution in [2.45, 2.75) is 6.42 Å². The molecule has 0 aromatic rings. The van der Waals surface area contributed by atoms with Gasteiger partial charge in [0.2, 0.25) is 5.91 Å². The molecule has 1 atom stereocenters. The molecule has 9 heavy (non-hydrogen) atoms. The standard InChI is InChI=1S/C6H8N2O/c9-6-3-5-1-2-7-8(6)4-5/h1-2,5,7H,3-4H2. The molecule has 1 fully saturated rings. The van der Waals surface area contributed by atoms with Crippen LogP contribution in [0.4, 0.5) is 0 Å². The van der Waals surface area contributed by atoms with Crippen molar-refractivity contribution in [3.8, 4) is 0 Å². The SMILES string of the molecule is O=C1CC2C=CNN1C2. The molecule has 1 saturated heterocycles. The van der Waals surface area contributed by atoms with Crippen molar-refractivity contribution in [3.05, 3.63) is 12.3 Å². The van der Waals surface area contributed by atoms with Gasteiger partial charge in [-0.1, -0.05) is 6.08 Å². The average Bonchev–Trinajstić information content (AvgIpc) is 2.09. The van der Waals surface area contributed by atoms with E-state index in [1.165, 1.54) is 0 Å². The summed E-state index contributed by atoms with van der Waals surface area (Å²) in [5.74, 6) is 0.684. The summed E-state index contributed by atoms with van der Waals surface area (Å²) in [6, 6.07) is 0. The quantitative estimate of drug-likeness (QED) is 0.487. The highest BCUT2D eigenvalue weighted by Gasteiger charge is 2.29. The fourth-order valence-electron chi connectivity index (χ4n) is 1.26. The first-order valence-corrected chi connectivity index (χ1v) is 3.09. The topological polar surface area (TPSA) is 32.3 Å². The number of nitrogens with zero attached hydrogens (tertiary/aromatic N) is 1. The second kappa shape index (κ2) is 1.50. The summed E-state index contributed by atoms with van der Waals surface area (Å²) in [5.41, 5.74) is 2.86. The molecule has 2 rings (SSSR count). The fourth-order valence-corrected chi connectivity index (χ4v) is 1.26. The van der Waals surface area contributed by atoms with E-state index < -0.39 is 0 Å². The first-order valence-electron chi connectivity index (χ1n) is 3.09. The molecule has 1 N–H and O–H groups in total. The number of hydrogen-bond acceptors (Lipinski definition) is 2. The normalized spacial score (nSPS) is 30.9. The maximum atomic E-state index is 10.9. The smallest absolute Gasteiger partial charge is 0.241 e. The average molecular weight is 124 g/mol. The van der Waals surface area contributed by atoms with Gasteiger partial charge in [0, 0.05) is 25.1 Å². The van der Waals surface area contributed by atoms with E-state index in [0.29, 0.717) is 12.3 Å². The van der Waals surface area contributed by atoms with E-state index in [0.717, 1.165) is 6.54 Å². The largest absolute Gasteiger partial charge is 0.304 e. The van der Waals surface area contributed by atoms with Crippen LogP contribution in [-0.2, 0) is 4.79 Å². The Balaban J connectivity index is 2.26. The van der Waals surface area contributed by atoms with Crippen LogP contribution >= 0.6 is 0 Å². The Bertz CT molecular complexity index is 176. The Morgan fingerprint density at radius 2 is 2.67 bits per heavy atom. The van der Waals surface area contributed by atoms with Crippen LogP contribution in [0.1, 0.15) is 6.42 Å². The minimum absolute atomic E-state index is 0.213. The zero-order chi connectivity index (χ0) is 6.27. The molecule has 1 amide bonds. The predicted molar refractivity (Wildman–Crippen MR) is 32.1 cm³/mol. The summed E-state index contributed by atoms with van der Waals surface area (Å²) in [6.45, 7) is 0.856. The van der Waals surface area contributed by atoms with E-state index in [4.69, 9.17) is 0 Å². The minimum Gasteiger partial charge on any atom is -0.304 e. The third-order valence-corrected chi connectivity index (χ3v) is 1.75. The summed E-state index contributed by atoms with van der Waals surface area (Å²) in [6.07, 6.45) is 4.56. The van der Waals surface area contributed by atoms with E-state index in [2.05, 4.69) is 5.43 Å². The molecule has 2 aliphatic heterocycles. The molecule has 48 valence electrons. The number of amides is 1.